The second-order valence-electron chi connectivity index (χ2n) is 6.26. The van der Waals surface area contributed by atoms with Crippen LogP contribution in [0.3, 0.4) is 0 Å². The zero-order chi connectivity index (χ0) is 16.9. The number of aromatic hydroxyl groups is 1. The number of phenols is 1. The molecule has 2 aromatic carbocycles. The molecule has 0 aromatic heterocycles. The van der Waals surface area contributed by atoms with Crippen LogP contribution in [0.4, 0.5) is 11.4 Å². The Morgan fingerprint density at radius 1 is 1.04 bits per heavy atom. The highest BCUT2D eigenvalue weighted by molar-refractivity contribution is 5.73. The number of rotatable bonds is 5. The zero-order valence-corrected chi connectivity index (χ0v) is 13.6. The average Bonchev–Trinajstić information content (AvgIpc) is 2.45. The standard InChI is InChI=1S/C18H22N2O3/c1-18(2,3)23-17(22)12-13-5-4-6-15(11-13)20-19-14-7-9-16(21)10-8-14/h4-11,19-21H,12H2,1-3H3. The van der Waals surface area contributed by atoms with E-state index >= 15 is 0 Å². The van der Waals surface area contributed by atoms with Gasteiger partial charge in [-0.1, -0.05) is 12.1 Å². The maximum absolute atomic E-state index is 11.9. The van der Waals surface area contributed by atoms with Gasteiger partial charge in [-0.3, -0.25) is 4.79 Å². The molecule has 2 rings (SSSR count). The topological polar surface area (TPSA) is 70.6 Å². The Morgan fingerprint density at radius 2 is 1.70 bits per heavy atom. The molecule has 0 spiro atoms. The first kappa shape index (κ1) is 16.7. The Bertz CT molecular complexity index is 661. The first-order valence-corrected chi connectivity index (χ1v) is 7.44. The lowest BCUT2D eigenvalue weighted by Gasteiger charge is -2.19. The summed E-state index contributed by atoms with van der Waals surface area (Å²) in [6.45, 7) is 5.55. The van der Waals surface area contributed by atoms with Crippen molar-refractivity contribution in [3.05, 3.63) is 54.1 Å². The summed E-state index contributed by atoms with van der Waals surface area (Å²) in [7, 11) is 0. The van der Waals surface area contributed by atoms with Gasteiger partial charge in [0.1, 0.15) is 11.4 Å². The molecule has 0 saturated heterocycles. The van der Waals surface area contributed by atoms with Crippen molar-refractivity contribution < 1.29 is 14.6 Å². The summed E-state index contributed by atoms with van der Waals surface area (Å²) in [5.41, 5.74) is 8.13. The third-order valence-electron chi connectivity index (χ3n) is 2.91. The molecule has 0 atom stereocenters. The van der Waals surface area contributed by atoms with Crippen molar-refractivity contribution in [2.75, 3.05) is 10.9 Å². The minimum absolute atomic E-state index is 0.218. The van der Waals surface area contributed by atoms with Crippen LogP contribution >= 0.6 is 0 Å². The number of carbonyl (C=O) groups is 1. The van der Waals surface area contributed by atoms with E-state index in [9.17, 15) is 9.90 Å². The molecule has 0 amide bonds. The predicted octanol–water partition coefficient (Wildman–Crippen LogP) is 3.72. The molecular weight excluding hydrogens is 292 g/mol. The normalized spacial score (nSPS) is 10.9. The van der Waals surface area contributed by atoms with Gasteiger partial charge in [0.05, 0.1) is 17.8 Å². The molecule has 0 aliphatic rings. The number of hydrogen-bond donors (Lipinski definition) is 3. The van der Waals surface area contributed by atoms with Crippen molar-refractivity contribution in [1.29, 1.82) is 0 Å². The average molecular weight is 314 g/mol. The van der Waals surface area contributed by atoms with E-state index in [1.165, 1.54) is 0 Å². The molecule has 0 aliphatic heterocycles. The van der Waals surface area contributed by atoms with E-state index < -0.39 is 5.60 Å². The monoisotopic (exact) mass is 314 g/mol. The minimum atomic E-state index is -0.479. The summed E-state index contributed by atoms with van der Waals surface area (Å²) in [4.78, 5) is 11.9. The number of phenolic OH excluding ortho intramolecular Hbond substituents is 1. The lowest BCUT2D eigenvalue weighted by atomic mass is 10.1. The van der Waals surface area contributed by atoms with Gasteiger partial charge in [-0.25, -0.2) is 0 Å². The molecule has 5 heteroatoms. The van der Waals surface area contributed by atoms with Gasteiger partial charge >= 0.3 is 5.97 Å². The number of anilines is 2. The third-order valence-corrected chi connectivity index (χ3v) is 2.91. The van der Waals surface area contributed by atoms with E-state index in [-0.39, 0.29) is 18.1 Å². The van der Waals surface area contributed by atoms with Crippen molar-refractivity contribution in [2.45, 2.75) is 32.8 Å². The second kappa shape index (κ2) is 7.05. The molecule has 0 radical (unpaired) electrons. The Kier molecular flexibility index (Phi) is 5.11. The van der Waals surface area contributed by atoms with Gasteiger partial charge in [0.2, 0.25) is 0 Å². The van der Waals surface area contributed by atoms with Gasteiger partial charge in [-0.05, 0) is 62.7 Å². The van der Waals surface area contributed by atoms with E-state index in [0.29, 0.717) is 0 Å². The fourth-order valence-electron chi connectivity index (χ4n) is 1.99. The summed E-state index contributed by atoms with van der Waals surface area (Å²) in [5.74, 6) is -0.0314. The summed E-state index contributed by atoms with van der Waals surface area (Å²) in [6.07, 6.45) is 0.228. The van der Waals surface area contributed by atoms with Crippen LogP contribution in [0.2, 0.25) is 0 Å². The number of hydrogen-bond acceptors (Lipinski definition) is 5. The fourth-order valence-corrected chi connectivity index (χ4v) is 1.99. The van der Waals surface area contributed by atoms with E-state index in [2.05, 4.69) is 10.9 Å². The van der Waals surface area contributed by atoms with Gasteiger partial charge in [0, 0.05) is 0 Å². The summed E-state index contributed by atoms with van der Waals surface area (Å²) < 4.78 is 5.32. The number of ether oxygens (including phenoxy) is 1. The van der Waals surface area contributed by atoms with Crippen LogP contribution in [-0.2, 0) is 16.0 Å². The van der Waals surface area contributed by atoms with Crippen LogP contribution in [0.25, 0.3) is 0 Å². The van der Waals surface area contributed by atoms with Gasteiger partial charge in [0.15, 0.2) is 0 Å². The highest BCUT2D eigenvalue weighted by Gasteiger charge is 2.16. The van der Waals surface area contributed by atoms with E-state index in [4.69, 9.17) is 4.74 Å². The van der Waals surface area contributed by atoms with Crippen LogP contribution in [0.1, 0.15) is 26.3 Å². The van der Waals surface area contributed by atoms with Gasteiger partial charge in [-0.15, -0.1) is 0 Å². The summed E-state index contributed by atoms with van der Waals surface area (Å²) >= 11 is 0. The maximum Gasteiger partial charge on any atom is 0.310 e. The van der Waals surface area contributed by atoms with Gasteiger partial charge < -0.3 is 20.7 Å². The lowest BCUT2D eigenvalue weighted by molar-refractivity contribution is -0.153. The number of nitrogens with one attached hydrogen (secondary N) is 2. The molecule has 23 heavy (non-hydrogen) atoms. The third kappa shape index (κ3) is 5.90. The van der Waals surface area contributed by atoms with E-state index in [1.54, 1.807) is 24.3 Å². The molecule has 0 aliphatic carbocycles. The van der Waals surface area contributed by atoms with Crippen molar-refractivity contribution in [3.8, 4) is 5.75 Å². The number of benzene rings is 2. The van der Waals surface area contributed by atoms with Crippen LogP contribution in [-0.4, -0.2) is 16.7 Å². The molecular formula is C18H22N2O3. The molecule has 2 aromatic rings. The fraction of sp³-hybridized carbons (Fsp3) is 0.278. The second-order valence-corrected chi connectivity index (χ2v) is 6.26. The number of carbonyl (C=O) groups excluding carboxylic acids is 1. The molecule has 0 saturated carbocycles. The summed E-state index contributed by atoms with van der Waals surface area (Å²) in [6, 6.07) is 14.3. The Balaban J connectivity index is 1.94. The van der Waals surface area contributed by atoms with Crippen molar-refractivity contribution in [2.24, 2.45) is 0 Å². The first-order chi connectivity index (χ1) is 10.8. The quantitative estimate of drug-likeness (QED) is 0.446. The SMILES string of the molecule is CC(C)(C)OC(=O)Cc1cccc(NNc2ccc(O)cc2)c1. The van der Waals surface area contributed by atoms with Crippen molar-refractivity contribution >= 4 is 17.3 Å². The molecule has 3 N–H and O–H groups in total. The minimum Gasteiger partial charge on any atom is -0.508 e. The molecule has 0 fully saturated rings. The van der Waals surface area contributed by atoms with Gasteiger partial charge in [0.25, 0.3) is 0 Å². The Hall–Kier alpha value is -2.69. The smallest absolute Gasteiger partial charge is 0.310 e. The van der Waals surface area contributed by atoms with E-state index in [0.717, 1.165) is 16.9 Å². The van der Waals surface area contributed by atoms with Crippen LogP contribution in [0, 0.1) is 0 Å². The maximum atomic E-state index is 11.9. The molecule has 5 nitrogen and oxygen atoms in total. The molecule has 0 unspecified atom stereocenters. The van der Waals surface area contributed by atoms with Crippen molar-refractivity contribution in [1.82, 2.24) is 0 Å². The first-order valence-electron chi connectivity index (χ1n) is 7.44. The van der Waals surface area contributed by atoms with Gasteiger partial charge in [-0.2, -0.15) is 0 Å². The highest BCUT2D eigenvalue weighted by atomic mass is 16.6. The number of esters is 1. The van der Waals surface area contributed by atoms with E-state index in [1.807, 2.05) is 45.0 Å². The number of hydrazine groups is 1. The largest absolute Gasteiger partial charge is 0.508 e. The predicted molar refractivity (Wildman–Crippen MR) is 91.3 cm³/mol. The van der Waals surface area contributed by atoms with Crippen LogP contribution < -0.4 is 10.9 Å². The molecule has 0 heterocycles. The Labute approximate surface area is 136 Å². The van der Waals surface area contributed by atoms with Crippen LogP contribution in [0.5, 0.6) is 5.75 Å². The molecule has 0 bridgehead atoms. The zero-order valence-electron chi connectivity index (χ0n) is 13.6. The van der Waals surface area contributed by atoms with Crippen molar-refractivity contribution in [3.63, 3.8) is 0 Å². The Morgan fingerprint density at radius 3 is 2.35 bits per heavy atom. The highest BCUT2D eigenvalue weighted by Crippen LogP contribution is 2.16. The summed E-state index contributed by atoms with van der Waals surface area (Å²) in [5, 5.41) is 9.25. The van der Waals surface area contributed by atoms with Crippen LogP contribution in [0.15, 0.2) is 48.5 Å². The lowest BCUT2D eigenvalue weighted by Crippen LogP contribution is -2.24. The molecule has 122 valence electrons.